The Morgan fingerprint density at radius 3 is 2.27 bits per heavy atom. The van der Waals surface area contributed by atoms with Gasteiger partial charge in [-0.05, 0) is 37.1 Å². The molecule has 0 radical (unpaired) electrons. The van der Waals surface area contributed by atoms with E-state index in [2.05, 4.69) is 10.3 Å². The summed E-state index contributed by atoms with van der Waals surface area (Å²) in [4.78, 5) is 54.1. The molecular weight excluding hydrogens is 422 g/mol. The van der Waals surface area contributed by atoms with Crippen molar-refractivity contribution in [1.82, 2.24) is 9.55 Å². The number of H-pyrrole nitrogens is 1. The monoisotopic (exact) mass is 457 g/mol. The minimum Gasteiger partial charge on any atom is -0.383 e. The summed E-state index contributed by atoms with van der Waals surface area (Å²) < 4.78 is 1.31. The van der Waals surface area contributed by atoms with E-state index < -0.39 is 17.2 Å². The fourth-order valence-corrected chi connectivity index (χ4v) is 3.35. The average molecular weight is 458 g/mol. The normalized spacial score (nSPS) is 10.9. The standard InChI is InChI=1S/C24H35N5O4/c1-5-7-9-15-28(19-20(25)29(14-8-6-2)24(33)27-22(19)31)23(32)17-10-12-18(13-11-17)26-21(30)16(3)4/h10-13,16H,5-9,14-15,25H2,1-4H3,(H,26,30)(H,27,31,33). The van der Waals surface area contributed by atoms with Gasteiger partial charge in [-0.1, -0.05) is 47.0 Å². The van der Waals surface area contributed by atoms with Crippen molar-refractivity contribution in [2.75, 3.05) is 22.5 Å². The lowest BCUT2D eigenvalue weighted by molar-refractivity contribution is -0.118. The van der Waals surface area contributed by atoms with Crippen molar-refractivity contribution in [2.24, 2.45) is 5.92 Å². The fourth-order valence-electron chi connectivity index (χ4n) is 3.35. The van der Waals surface area contributed by atoms with E-state index >= 15 is 0 Å². The van der Waals surface area contributed by atoms with Crippen molar-refractivity contribution < 1.29 is 9.59 Å². The molecule has 180 valence electrons. The van der Waals surface area contributed by atoms with Gasteiger partial charge in [-0.15, -0.1) is 0 Å². The first kappa shape index (κ1) is 25.9. The summed E-state index contributed by atoms with van der Waals surface area (Å²) in [6, 6.07) is 6.49. The number of nitrogens with two attached hydrogens (primary N) is 1. The molecule has 0 aliphatic carbocycles. The topological polar surface area (TPSA) is 130 Å². The highest BCUT2D eigenvalue weighted by Gasteiger charge is 2.25. The molecule has 1 aromatic heterocycles. The number of anilines is 3. The number of amides is 2. The molecule has 1 aromatic carbocycles. The largest absolute Gasteiger partial charge is 0.383 e. The van der Waals surface area contributed by atoms with Crippen LogP contribution in [0.15, 0.2) is 33.9 Å². The highest BCUT2D eigenvalue weighted by atomic mass is 16.2. The summed E-state index contributed by atoms with van der Waals surface area (Å²) in [5, 5.41) is 2.78. The second kappa shape index (κ2) is 12.0. The van der Waals surface area contributed by atoms with Crippen LogP contribution in [0.5, 0.6) is 0 Å². The predicted molar refractivity (Wildman–Crippen MR) is 132 cm³/mol. The number of nitrogens with one attached hydrogen (secondary N) is 2. The van der Waals surface area contributed by atoms with Gasteiger partial charge in [-0.3, -0.25) is 23.9 Å². The number of hydrogen-bond acceptors (Lipinski definition) is 5. The van der Waals surface area contributed by atoms with Crippen molar-refractivity contribution in [3.8, 4) is 0 Å². The molecule has 9 nitrogen and oxygen atoms in total. The van der Waals surface area contributed by atoms with Gasteiger partial charge in [-0.2, -0.15) is 0 Å². The van der Waals surface area contributed by atoms with Crippen molar-refractivity contribution in [3.63, 3.8) is 0 Å². The number of carbonyl (C=O) groups excluding carboxylic acids is 2. The molecule has 1 heterocycles. The van der Waals surface area contributed by atoms with Gasteiger partial charge in [0.15, 0.2) is 5.69 Å². The number of nitrogens with zero attached hydrogens (tertiary/aromatic N) is 2. The zero-order chi connectivity index (χ0) is 24.5. The van der Waals surface area contributed by atoms with E-state index in [0.717, 1.165) is 19.3 Å². The Bertz CT molecular complexity index is 1070. The SMILES string of the molecule is CCCCCN(C(=O)c1ccc(NC(=O)C(C)C)cc1)c1c(N)n(CCCC)c(=O)[nH]c1=O. The zero-order valence-electron chi connectivity index (χ0n) is 19.9. The Hall–Kier alpha value is -3.36. The molecule has 2 aromatic rings. The molecule has 2 rings (SSSR count). The van der Waals surface area contributed by atoms with Gasteiger partial charge in [-0.25, -0.2) is 4.79 Å². The van der Waals surface area contributed by atoms with Crippen LogP contribution in [-0.2, 0) is 11.3 Å². The Morgan fingerprint density at radius 1 is 1.06 bits per heavy atom. The van der Waals surface area contributed by atoms with Crippen LogP contribution >= 0.6 is 0 Å². The van der Waals surface area contributed by atoms with E-state index in [-0.39, 0.29) is 29.9 Å². The lowest BCUT2D eigenvalue weighted by Crippen LogP contribution is -2.41. The van der Waals surface area contributed by atoms with Gasteiger partial charge >= 0.3 is 5.69 Å². The number of carbonyl (C=O) groups is 2. The van der Waals surface area contributed by atoms with Gasteiger partial charge in [0.2, 0.25) is 5.91 Å². The quantitative estimate of drug-likeness (QED) is 0.446. The molecule has 0 bridgehead atoms. The molecule has 0 aliphatic rings. The molecule has 0 saturated carbocycles. The van der Waals surface area contributed by atoms with E-state index in [1.807, 2.05) is 13.8 Å². The summed E-state index contributed by atoms with van der Waals surface area (Å²) in [7, 11) is 0. The number of nitrogen functional groups attached to an aromatic ring is 1. The smallest absolute Gasteiger partial charge is 0.330 e. The van der Waals surface area contributed by atoms with E-state index in [1.165, 1.54) is 9.47 Å². The maximum absolute atomic E-state index is 13.4. The summed E-state index contributed by atoms with van der Waals surface area (Å²) in [6.45, 7) is 8.26. The molecule has 9 heteroatoms. The van der Waals surface area contributed by atoms with Gasteiger partial charge in [0.25, 0.3) is 11.5 Å². The van der Waals surface area contributed by atoms with Crippen LogP contribution < -0.4 is 27.2 Å². The molecule has 0 saturated heterocycles. The Labute approximate surface area is 194 Å². The van der Waals surface area contributed by atoms with Crippen molar-refractivity contribution in [2.45, 2.75) is 66.3 Å². The van der Waals surface area contributed by atoms with Crippen LogP contribution in [0.3, 0.4) is 0 Å². The van der Waals surface area contributed by atoms with Gasteiger partial charge in [0.1, 0.15) is 5.82 Å². The lowest BCUT2D eigenvalue weighted by atomic mass is 10.1. The molecule has 0 aliphatic heterocycles. The maximum Gasteiger partial charge on any atom is 0.330 e. The van der Waals surface area contributed by atoms with E-state index in [9.17, 15) is 19.2 Å². The Morgan fingerprint density at radius 2 is 1.70 bits per heavy atom. The molecule has 4 N–H and O–H groups in total. The van der Waals surface area contributed by atoms with Crippen LogP contribution in [0.1, 0.15) is 70.2 Å². The van der Waals surface area contributed by atoms with Gasteiger partial charge < -0.3 is 16.0 Å². The summed E-state index contributed by atoms with van der Waals surface area (Å²) in [5.74, 6) is -0.698. The average Bonchev–Trinajstić information content (AvgIpc) is 2.77. The summed E-state index contributed by atoms with van der Waals surface area (Å²) in [6.07, 6.45) is 4.05. The van der Waals surface area contributed by atoms with Gasteiger partial charge in [0.05, 0.1) is 0 Å². The molecule has 33 heavy (non-hydrogen) atoms. The molecule has 0 fully saturated rings. The summed E-state index contributed by atoms with van der Waals surface area (Å²) >= 11 is 0. The third-order valence-electron chi connectivity index (χ3n) is 5.37. The number of rotatable bonds is 11. The highest BCUT2D eigenvalue weighted by molar-refractivity contribution is 6.07. The van der Waals surface area contributed by atoms with E-state index in [0.29, 0.717) is 30.6 Å². The van der Waals surface area contributed by atoms with Crippen LogP contribution in [0, 0.1) is 5.92 Å². The van der Waals surface area contributed by atoms with Crippen LogP contribution in [0.2, 0.25) is 0 Å². The summed E-state index contributed by atoms with van der Waals surface area (Å²) in [5.41, 5.74) is 5.90. The number of aromatic amines is 1. The van der Waals surface area contributed by atoms with Crippen molar-refractivity contribution in [1.29, 1.82) is 0 Å². The molecule has 2 amide bonds. The van der Waals surface area contributed by atoms with Gasteiger partial charge in [0, 0.05) is 30.3 Å². The first-order valence-corrected chi connectivity index (χ1v) is 11.6. The second-order valence-corrected chi connectivity index (χ2v) is 8.38. The number of aromatic nitrogens is 2. The van der Waals surface area contributed by atoms with Crippen LogP contribution in [0.25, 0.3) is 0 Å². The van der Waals surface area contributed by atoms with Crippen LogP contribution in [0.4, 0.5) is 17.2 Å². The minimum absolute atomic E-state index is 0.0102. The molecule has 0 unspecified atom stereocenters. The molecular formula is C24H35N5O4. The number of hydrogen-bond donors (Lipinski definition) is 3. The Balaban J connectivity index is 2.44. The molecule has 0 spiro atoms. The first-order valence-electron chi connectivity index (χ1n) is 11.6. The van der Waals surface area contributed by atoms with E-state index in [1.54, 1.807) is 38.1 Å². The highest BCUT2D eigenvalue weighted by Crippen LogP contribution is 2.22. The molecule has 0 atom stereocenters. The number of unbranched alkanes of at least 4 members (excludes halogenated alkanes) is 3. The third kappa shape index (κ3) is 6.57. The van der Waals surface area contributed by atoms with Crippen LogP contribution in [-0.4, -0.2) is 27.9 Å². The van der Waals surface area contributed by atoms with Crippen molar-refractivity contribution >= 4 is 29.0 Å². The third-order valence-corrected chi connectivity index (χ3v) is 5.37. The maximum atomic E-state index is 13.4. The zero-order valence-corrected chi connectivity index (χ0v) is 19.9. The van der Waals surface area contributed by atoms with Crippen molar-refractivity contribution in [3.05, 3.63) is 50.7 Å². The number of benzene rings is 1. The minimum atomic E-state index is -0.684. The Kier molecular flexibility index (Phi) is 9.44. The second-order valence-electron chi connectivity index (χ2n) is 8.38. The fraction of sp³-hybridized carbons (Fsp3) is 0.500. The first-order chi connectivity index (χ1) is 15.7. The van der Waals surface area contributed by atoms with E-state index in [4.69, 9.17) is 5.73 Å². The lowest BCUT2D eigenvalue weighted by Gasteiger charge is -2.25. The predicted octanol–water partition coefficient (Wildman–Crippen LogP) is 3.35.